The average Bonchev–Trinajstić information content (AvgIpc) is 2.31. The van der Waals surface area contributed by atoms with Crippen molar-refractivity contribution in [1.82, 2.24) is 0 Å². The second-order valence-corrected chi connectivity index (χ2v) is 6.45. The average molecular weight is 270 g/mol. The van der Waals surface area contributed by atoms with Gasteiger partial charge in [0.2, 0.25) is 0 Å². The van der Waals surface area contributed by atoms with Gasteiger partial charge in [-0.15, -0.1) is 0 Å². The Morgan fingerprint density at radius 2 is 1.94 bits per heavy atom. The monoisotopic (exact) mass is 270 g/mol. The summed E-state index contributed by atoms with van der Waals surface area (Å²) < 4.78 is 29.4. The second-order valence-electron chi connectivity index (χ2n) is 4.21. The fraction of sp³-hybridized carbons (Fsp3) is 0.462. The van der Waals surface area contributed by atoms with E-state index in [2.05, 4.69) is 0 Å². The van der Waals surface area contributed by atoms with Crippen molar-refractivity contribution in [3.05, 3.63) is 29.3 Å². The zero-order chi connectivity index (χ0) is 13.9. The van der Waals surface area contributed by atoms with Gasteiger partial charge in [0, 0.05) is 0 Å². The molecule has 0 aromatic heterocycles. The van der Waals surface area contributed by atoms with E-state index in [0.29, 0.717) is 5.56 Å². The van der Waals surface area contributed by atoms with E-state index in [4.69, 9.17) is 4.74 Å². The molecule has 5 heteroatoms. The molecule has 4 nitrogen and oxygen atoms in total. The van der Waals surface area contributed by atoms with Gasteiger partial charge in [0.1, 0.15) is 0 Å². The molecule has 0 bridgehead atoms. The maximum atomic E-state index is 12.3. The zero-order valence-corrected chi connectivity index (χ0v) is 11.9. The zero-order valence-electron chi connectivity index (χ0n) is 11.1. The highest BCUT2D eigenvalue weighted by atomic mass is 32.2. The van der Waals surface area contributed by atoms with Crippen molar-refractivity contribution in [2.24, 2.45) is 0 Å². The summed E-state index contributed by atoms with van der Waals surface area (Å²) in [6, 6.07) is 5.16. The lowest BCUT2D eigenvalue weighted by molar-refractivity contribution is -0.142. The van der Waals surface area contributed by atoms with Crippen LogP contribution in [0.1, 0.15) is 25.0 Å². The van der Waals surface area contributed by atoms with E-state index in [0.717, 1.165) is 5.56 Å². The lowest BCUT2D eigenvalue weighted by atomic mass is 10.2. The summed E-state index contributed by atoms with van der Waals surface area (Å²) in [6.07, 6.45) is 0. The van der Waals surface area contributed by atoms with Gasteiger partial charge in [-0.25, -0.2) is 8.42 Å². The molecule has 0 aliphatic rings. The van der Waals surface area contributed by atoms with Gasteiger partial charge in [0.05, 0.1) is 11.5 Å². The topological polar surface area (TPSA) is 60.4 Å². The van der Waals surface area contributed by atoms with Crippen molar-refractivity contribution in [2.45, 2.75) is 37.8 Å². The van der Waals surface area contributed by atoms with Gasteiger partial charge in [-0.3, -0.25) is 4.79 Å². The SMILES string of the molecule is CCOC(=O)C(C)S(=O)(=O)c1cc(C)ccc1C. The summed E-state index contributed by atoms with van der Waals surface area (Å²) in [4.78, 5) is 11.8. The molecule has 100 valence electrons. The molecular weight excluding hydrogens is 252 g/mol. The van der Waals surface area contributed by atoms with Crippen LogP contribution in [-0.4, -0.2) is 26.2 Å². The van der Waals surface area contributed by atoms with Gasteiger partial charge in [0.25, 0.3) is 0 Å². The minimum Gasteiger partial charge on any atom is -0.465 e. The molecule has 0 aliphatic carbocycles. The van der Waals surface area contributed by atoms with Gasteiger partial charge in [-0.05, 0) is 44.9 Å². The Labute approximate surface area is 108 Å². The van der Waals surface area contributed by atoms with Crippen LogP contribution < -0.4 is 0 Å². The number of hydrogen-bond donors (Lipinski definition) is 0. The fourth-order valence-electron chi connectivity index (χ4n) is 1.59. The number of carbonyl (C=O) groups excluding carboxylic acids is 1. The van der Waals surface area contributed by atoms with Gasteiger partial charge in [0.15, 0.2) is 15.1 Å². The van der Waals surface area contributed by atoms with E-state index in [1.165, 1.54) is 6.92 Å². The van der Waals surface area contributed by atoms with Crippen molar-refractivity contribution >= 4 is 15.8 Å². The molecular formula is C13H18O4S. The van der Waals surface area contributed by atoms with Crippen molar-refractivity contribution in [2.75, 3.05) is 6.61 Å². The van der Waals surface area contributed by atoms with Gasteiger partial charge in [-0.2, -0.15) is 0 Å². The molecule has 0 saturated carbocycles. The van der Waals surface area contributed by atoms with E-state index < -0.39 is 21.1 Å². The van der Waals surface area contributed by atoms with E-state index >= 15 is 0 Å². The van der Waals surface area contributed by atoms with Crippen LogP contribution in [0.2, 0.25) is 0 Å². The van der Waals surface area contributed by atoms with Crippen LogP contribution in [0.15, 0.2) is 23.1 Å². The van der Waals surface area contributed by atoms with Gasteiger partial charge < -0.3 is 4.74 Å². The van der Waals surface area contributed by atoms with Crippen LogP contribution in [0, 0.1) is 13.8 Å². The van der Waals surface area contributed by atoms with Crippen molar-refractivity contribution in [3.8, 4) is 0 Å². The quantitative estimate of drug-likeness (QED) is 0.785. The molecule has 0 heterocycles. The second kappa shape index (κ2) is 5.52. The molecule has 0 amide bonds. The molecule has 0 radical (unpaired) electrons. The fourth-order valence-corrected chi connectivity index (χ4v) is 3.16. The van der Waals surface area contributed by atoms with Crippen LogP contribution in [0.3, 0.4) is 0 Å². The molecule has 1 unspecified atom stereocenters. The highest BCUT2D eigenvalue weighted by Gasteiger charge is 2.32. The first-order chi connectivity index (χ1) is 8.30. The number of benzene rings is 1. The Bertz CT molecular complexity index is 546. The molecule has 18 heavy (non-hydrogen) atoms. The van der Waals surface area contributed by atoms with Gasteiger partial charge >= 0.3 is 5.97 Å². The number of rotatable bonds is 4. The number of aryl methyl sites for hydroxylation is 2. The molecule has 0 fully saturated rings. The van der Waals surface area contributed by atoms with Crippen molar-refractivity contribution in [1.29, 1.82) is 0 Å². The van der Waals surface area contributed by atoms with E-state index in [1.807, 2.05) is 13.0 Å². The van der Waals surface area contributed by atoms with Crippen molar-refractivity contribution < 1.29 is 17.9 Å². The van der Waals surface area contributed by atoms with Crippen LogP contribution in [0.25, 0.3) is 0 Å². The molecule has 1 aromatic carbocycles. The minimum absolute atomic E-state index is 0.172. The maximum absolute atomic E-state index is 12.3. The third-order valence-corrected chi connectivity index (χ3v) is 4.91. The smallest absolute Gasteiger partial charge is 0.324 e. The first-order valence-electron chi connectivity index (χ1n) is 5.78. The summed E-state index contributed by atoms with van der Waals surface area (Å²) in [5.41, 5.74) is 1.48. The van der Waals surface area contributed by atoms with Gasteiger partial charge in [-0.1, -0.05) is 12.1 Å². The van der Waals surface area contributed by atoms with E-state index in [-0.39, 0.29) is 11.5 Å². The molecule has 0 spiro atoms. The first kappa shape index (κ1) is 14.7. The summed E-state index contributed by atoms with van der Waals surface area (Å²) >= 11 is 0. The Morgan fingerprint density at radius 3 is 2.50 bits per heavy atom. The molecule has 0 saturated heterocycles. The summed E-state index contributed by atoms with van der Waals surface area (Å²) in [6.45, 7) is 6.70. The Balaban J connectivity index is 3.21. The largest absolute Gasteiger partial charge is 0.465 e. The summed E-state index contributed by atoms with van der Waals surface area (Å²) in [5.74, 6) is -0.710. The third-order valence-electron chi connectivity index (χ3n) is 2.73. The van der Waals surface area contributed by atoms with Crippen molar-refractivity contribution in [3.63, 3.8) is 0 Å². The lowest BCUT2D eigenvalue weighted by Gasteiger charge is -2.14. The number of esters is 1. The maximum Gasteiger partial charge on any atom is 0.324 e. The number of ether oxygens (including phenoxy) is 1. The highest BCUT2D eigenvalue weighted by Crippen LogP contribution is 2.22. The van der Waals surface area contributed by atoms with Crippen LogP contribution >= 0.6 is 0 Å². The lowest BCUT2D eigenvalue weighted by Crippen LogP contribution is -2.29. The minimum atomic E-state index is -3.69. The summed E-state index contributed by atoms with van der Waals surface area (Å²) in [5, 5.41) is -1.18. The molecule has 0 aliphatic heterocycles. The standard InChI is InChI=1S/C13H18O4S/c1-5-17-13(14)11(4)18(15,16)12-8-9(2)6-7-10(12)3/h6-8,11H,5H2,1-4H3. The molecule has 1 rings (SSSR count). The summed E-state index contributed by atoms with van der Waals surface area (Å²) in [7, 11) is -3.69. The number of carbonyl (C=O) groups is 1. The van der Waals surface area contributed by atoms with Crippen LogP contribution in [-0.2, 0) is 19.4 Å². The predicted molar refractivity (Wildman–Crippen MR) is 69.2 cm³/mol. The molecule has 0 N–H and O–H groups in total. The predicted octanol–water partition coefficient (Wildman–Crippen LogP) is 2.03. The molecule has 1 aromatic rings. The van der Waals surface area contributed by atoms with E-state index in [1.54, 1.807) is 26.0 Å². The Morgan fingerprint density at radius 1 is 1.33 bits per heavy atom. The Kier molecular flexibility index (Phi) is 4.51. The highest BCUT2D eigenvalue weighted by molar-refractivity contribution is 7.92. The van der Waals surface area contributed by atoms with Crippen LogP contribution in [0.5, 0.6) is 0 Å². The number of sulfone groups is 1. The Hall–Kier alpha value is -1.36. The number of hydrogen-bond acceptors (Lipinski definition) is 4. The molecule has 1 atom stereocenters. The normalized spacial score (nSPS) is 13.1. The van der Waals surface area contributed by atoms with Crippen LogP contribution in [0.4, 0.5) is 0 Å². The van der Waals surface area contributed by atoms with E-state index in [9.17, 15) is 13.2 Å². The third kappa shape index (κ3) is 2.90. The first-order valence-corrected chi connectivity index (χ1v) is 7.33.